The van der Waals surface area contributed by atoms with E-state index in [2.05, 4.69) is 67.5 Å². The second-order valence-corrected chi connectivity index (χ2v) is 7.52. The summed E-state index contributed by atoms with van der Waals surface area (Å²) in [6, 6.07) is 18.1. The lowest BCUT2D eigenvalue weighted by Gasteiger charge is -2.45. The van der Waals surface area contributed by atoms with E-state index in [4.69, 9.17) is 4.74 Å². The number of benzene rings is 2. The molecule has 3 aliphatic rings. The highest BCUT2D eigenvalue weighted by molar-refractivity contribution is 5.55. The van der Waals surface area contributed by atoms with Crippen LogP contribution in [0.4, 0.5) is 0 Å². The van der Waals surface area contributed by atoms with E-state index in [1.165, 1.54) is 17.5 Å². The highest BCUT2D eigenvalue weighted by Crippen LogP contribution is 2.55. The predicted molar refractivity (Wildman–Crippen MR) is 98.7 cm³/mol. The summed E-state index contributed by atoms with van der Waals surface area (Å²) < 4.78 is 6.08. The zero-order valence-corrected chi connectivity index (χ0v) is 14.7. The number of hydrogen-bond donors (Lipinski definition) is 0. The number of nitrogens with zero attached hydrogens (tertiary/aromatic N) is 1. The van der Waals surface area contributed by atoms with E-state index >= 15 is 0 Å². The Balaban J connectivity index is 1.53. The summed E-state index contributed by atoms with van der Waals surface area (Å²) in [5.41, 5.74) is 6.17. The van der Waals surface area contributed by atoms with Gasteiger partial charge in [0.15, 0.2) is 0 Å². The van der Waals surface area contributed by atoms with Gasteiger partial charge in [0.05, 0.1) is 6.61 Å². The standard InChI is InChI=1S/C22H27NO/c1-23(2)12-7-13-24-15-16-14-21-17-8-3-5-10-19(17)22(16)20-11-6-4-9-18(20)21/h3-6,8-11,16,21-22H,7,12-15H2,1-2H3. The summed E-state index contributed by atoms with van der Waals surface area (Å²) in [5.74, 6) is 1.67. The molecule has 0 N–H and O–H groups in total. The summed E-state index contributed by atoms with van der Waals surface area (Å²) in [6.45, 7) is 2.86. The van der Waals surface area contributed by atoms with Crippen LogP contribution in [0.5, 0.6) is 0 Å². The number of rotatable bonds is 6. The second-order valence-electron chi connectivity index (χ2n) is 7.52. The van der Waals surface area contributed by atoms with Crippen molar-refractivity contribution in [1.82, 2.24) is 4.90 Å². The fourth-order valence-electron chi connectivity index (χ4n) is 4.64. The molecule has 2 aromatic rings. The molecule has 2 heteroatoms. The molecule has 0 radical (unpaired) electrons. The van der Waals surface area contributed by atoms with Crippen LogP contribution in [-0.4, -0.2) is 38.8 Å². The molecule has 0 saturated carbocycles. The van der Waals surface area contributed by atoms with Crippen LogP contribution in [-0.2, 0) is 4.74 Å². The van der Waals surface area contributed by atoms with Crippen molar-refractivity contribution in [2.24, 2.45) is 5.92 Å². The SMILES string of the molecule is CN(C)CCCOCC1CC2c3ccccc3C1c1ccccc12. The molecule has 0 aromatic heterocycles. The Morgan fingerprint density at radius 3 is 2.08 bits per heavy atom. The van der Waals surface area contributed by atoms with Crippen LogP contribution in [0.3, 0.4) is 0 Å². The van der Waals surface area contributed by atoms with Gasteiger partial charge in [-0.3, -0.25) is 0 Å². The van der Waals surface area contributed by atoms with E-state index in [1.54, 1.807) is 11.1 Å². The van der Waals surface area contributed by atoms with E-state index in [9.17, 15) is 0 Å². The third kappa shape index (κ3) is 2.78. The first-order valence-electron chi connectivity index (χ1n) is 9.16. The smallest absolute Gasteiger partial charge is 0.0503 e. The summed E-state index contributed by atoms with van der Waals surface area (Å²) in [4.78, 5) is 2.22. The van der Waals surface area contributed by atoms with Crippen LogP contribution < -0.4 is 0 Å². The van der Waals surface area contributed by atoms with Crippen molar-refractivity contribution in [3.8, 4) is 0 Å². The van der Waals surface area contributed by atoms with Crippen molar-refractivity contribution in [1.29, 1.82) is 0 Å². The monoisotopic (exact) mass is 321 g/mol. The van der Waals surface area contributed by atoms with Gasteiger partial charge in [-0.1, -0.05) is 48.5 Å². The maximum absolute atomic E-state index is 6.08. The average molecular weight is 321 g/mol. The van der Waals surface area contributed by atoms with Gasteiger partial charge >= 0.3 is 0 Å². The topological polar surface area (TPSA) is 12.5 Å². The van der Waals surface area contributed by atoms with Crippen LogP contribution >= 0.6 is 0 Å². The molecular formula is C22H27NO. The van der Waals surface area contributed by atoms with Crippen LogP contribution in [0.25, 0.3) is 0 Å². The first kappa shape index (κ1) is 15.9. The summed E-state index contributed by atoms with van der Waals surface area (Å²) >= 11 is 0. The molecule has 1 unspecified atom stereocenters. The molecule has 0 saturated heterocycles. The van der Waals surface area contributed by atoms with Gasteiger partial charge in [0.1, 0.15) is 0 Å². The van der Waals surface area contributed by atoms with Crippen LogP contribution in [0.2, 0.25) is 0 Å². The molecule has 5 rings (SSSR count). The van der Waals surface area contributed by atoms with Crippen molar-refractivity contribution < 1.29 is 4.74 Å². The van der Waals surface area contributed by atoms with Crippen LogP contribution in [0, 0.1) is 5.92 Å². The maximum Gasteiger partial charge on any atom is 0.0503 e. The summed E-state index contributed by atoms with van der Waals surface area (Å²) in [7, 11) is 4.24. The van der Waals surface area contributed by atoms with Gasteiger partial charge < -0.3 is 9.64 Å². The molecule has 2 aromatic carbocycles. The van der Waals surface area contributed by atoms with E-state index in [0.717, 1.165) is 26.2 Å². The fourth-order valence-corrected chi connectivity index (χ4v) is 4.64. The lowest BCUT2D eigenvalue weighted by Crippen LogP contribution is -2.34. The normalized spacial score (nSPS) is 24.0. The van der Waals surface area contributed by atoms with Crippen molar-refractivity contribution in [3.63, 3.8) is 0 Å². The minimum absolute atomic E-state index is 0.510. The quantitative estimate of drug-likeness (QED) is 0.737. The highest BCUT2D eigenvalue weighted by Gasteiger charge is 2.42. The van der Waals surface area contributed by atoms with Crippen molar-refractivity contribution in [3.05, 3.63) is 70.8 Å². The van der Waals surface area contributed by atoms with Crippen molar-refractivity contribution >= 4 is 0 Å². The average Bonchev–Trinajstić information content (AvgIpc) is 2.61. The van der Waals surface area contributed by atoms with Crippen molar-refractivity contribution in [2.75, 3.05) is 33.9 Å². The Hall–Kier alpha value is -1.64. The fraction of sp³-hybridized carbons (Fsp3) is 0.455. The zero-order chi connectivity index (χ0) is 16.5. The molecule has 1 atom stereocenters. The molecule has 2 bridgehead atoms. The van der Waals surface area contributed by atoms with E-state index in [1.807, 2.05) is 0 Å². The molecule has 0 fully saturated rings. The molecule has 0 amide bonds. The molecule has 0 spiro atoms. The number of hydrogen-bond acceptors (Lipinski definition) is 2. The van der Waals surface area contributed by atoms with Gasteiger partial charge in [0.2, 0.25) is 0 Å². The third-order valence-corrected chi connectivity index (χ3v) is 5.65. The Labute approximate surface area is 145 Å². The molecule has 126 valence electrons. The molecule has 24 heavy (non-hydrogen) atoms. The lowest BCUT2D eigenvalue weighted by molar-refractivity contribution is 0.0778. The van der Waals surface area contributed by atoms with Gasteiger partial charge in [-0.25, -0.2) is 0 Å². The largest absolute Gasteiger partial charge is 0.381 e. The van der Waals surface area contributed by atoms with Crippen LogP contribution in [0.1, 0.15) is 46.9 Å². The third-order valence-electron chi connectivity index (χ3n) is 5.65. The summed E-state index contributed by atoms with van der Waals surface area (Å²) in [6.07, 6.45) is 2.34. The molecule has 0 heterocycles. The van der Waals surface area contributed by atoms with Gasteiger partial charge in [-0.05, 0) is 61.7 Å². The minimum atomic E-state index is 0.510. The lowest BCUT2D eigenvalue weighted by atomic mass is 9.59. The Morgan fingerprint density at radius 2 is 1.50 bits per heavy atom. The molecule has 3 aliphatic carbocycles. The van der Waals surface area contributed by atoms with Crippen molar-refractivity contribution in [2.45, 2.75) is 24.7 Å². The Morgan fingerprint density at radius 1 is 0.917 bits per heavy atom. The Bertz CT molecular complexity index is 661. The van der Waals surface area contributed by atoms with Gasteiger partial charge in [0.25, 0.3) is 0 Å². The molecule has 0 aliphatic heterocycles. The maximum atomic E-state index is 6.08. The second kappa shape index (κ2) is 6.70. The molecular weight excluding hydrogens is 294 g/mol. The first-order chi connectivity index (χ1) is 11.8. The van der Waals surface area contributed by atoms with Gasteiger partial charge in [0, 0.05) is 18.4 Å². The van der Waals surface area contributed by atoms with E-state index in [0.29, 0.717) is 17.8 Å². The number of ether oxygens (including phenoxy) is 1. The zero-order valence-electron chi connectivity index (χ0n) is 14.7. The highest BCUT2D eigenvalue weighted by atomic mass is 16.5. The van der Waals surface area contributed by atoms with E-state index < -0.39 is 0 Å². The first-order valence-corrected chi connectivity index (χ1v) is 9.16. The predicted octanol–water partition coefficient (Wildman–Crippen LogP) is 4.25. The molecule has 2 nitrogen and oxygen atoms in total. The van der Waals surface area contributed by atoms with E-state index in [-0.39, 0.29) is 0 Å². The minimum Gasteiger partial charge on any atom is -0.381 e. The number of fused-ring (bicyclic) bond motifs is 1. The van der Waals surface area contributed by atoms with Gasteiger partial charge in [-0.15, -0.1) is 0 Å². The van der Waals surface area contributed by atoms with Crippen LogP contribution in [0.15, 0.2) is 48.5 Å². The summed E-state index contributed by atoms with van der Waals surface area (Å²) in [5, 5.41) is 0. The van der Waals surface area contributed by atoms with Gasteiger partial charge in [-0.2, -0.15) is 0 Å². The Kier molecular flexibility index (Phi) is 4.43.